The Morgan fingerprint density at radius 2 is 2.00 bits per heavy atom. The first kappa shape index (κ1) is 14.1. The number of amides is 1. The molecule has 2 atom stereocenters. The lowest BCUT2D eigenvalue weighted by Crippen LogP contribution is -2.29. The van der Waals surface area contributed by atoms with Gasteiger partial charge in [-0.05, 0) is 55.7 Å². The lowest BCUT2D eigenvalue weighted by molar-refractivity contribution is 0.0953. The van der Waals surface area contributed by atoms with E-state index in [4.69, 9.17) is 0 Å². The van der Waals surface area contributed by atoms with Gasteiger partial charge in [-0.25, -0.2) is 5.43 Å². The molecular formula is C17H22N2O2. The van der Waals surface area contributed by atoms with Crippen LogP contribution in [0.1, 0.15) is 55.3 Å². The molecule has 1 amide bonds. The Morgan fingerprint density at radius 3 is 2.81 bits per heavy atom. The van der Waals surface area contributed by atoms with Crippen LogP contribution in [0, 0.1) is 11.8 Å². The van der Waals surface area contributed by atoms with Crippen LogP contribution in [-0.2, 0) is 0 Å². The Bertz CT molecular complexity index is 553. The average molecular weight is 286 g/mol. The number of aromatic hydroxyl groups is 1. The summed E-state index contributed by atoms with van der Waals surface area (Å²) in [5.41, 5.74) is 4.18. The Balaban J connectivity index is 1.60. The van der Waals surface area contributed by atoms with Crippen LogP contribution in [0.4, 0.5) is 0 Å². The quantitative estimate of drug-likeness (QED) is 0.818. The first-order valence-corrected chi connectivity index (χ1v) is 7.87. The lowest BCUT2D eigenvalue weighted by atomic mass is 9.70. The second-order valence-electron chi connectivity index (χ2n) is 6.22. The largest absolute Gasteiger partial charge is 0.508 e. The minimum atomic E-state index is -0.260. The minimum absolute atomic E-state index is 0.0954. The van der Waals surface area contributed by atoms with Crippen LogP contribution in [0.2, 0.25) is 0 Å². The summed E-state index contributed by atoms with van der Waals surface area (Å²) >= 11 is 0. The third-order valence-electron chi connectivity index (χ3n) is 4.79. The van der Waals surface area contributed by atoms with Gasteiger partial charge in [-0.2, -0.15) is 5.10 Å². The molecule has 0 aliphatic heterocycles. The maximum Gasteiger partial charge on any atom is 0.271 e. The van der Waals surface area contributed by atoms with E-state index in [1.807, 2.05) is 0 Å². The van der Waals surface area contributed by atoms with Gasteiger partial charge in [0.05, 0.1) is 0 Å². The van der Waals surface area contributed by atoms with E-state index in [9.17, 15) is 9.90 Å². The van der Waals surface area contributed by atoms with Gasteiger partial charge < -0.3 is 5.11 Å². The van der Waals surface area contributed by atoms with Crippen LogP contribution < -0.4 is 5.43 Å². The molecule has 0 unspecified atom stereocenters. The number of carbonyl (C=O) groups is 1. The number of phenols is 1. The van der Waals surface area contributed by atoms with Crippen molar-refractivity contribution in [3.63, 3.8) is 0 Å². The van der Waals surface area contributed by atoms with Crippen molar-refractivity contribution in [2.24, 2.45) is 16.9 Å². The molecule has 112 valence electrons. The van der Waals surface area contributed by atoms with E-state index in [0.29, 0.717) is 5.56 Å². The van der Waals surface area contributed by atoms with Crippen molar-refractivity contribution in [1.29, 1.82) is 0 Å². The third-order valence-corrected chi connectivity index (χ3v) is 4.79. The summed E-state index contributed by atoms with van der Waals surface area (Å²) in [6.07, 6.45) is 8.64. The number of benzene rings is 1. The standard InChI is InChI=1S/C17H22N2O2/c20-16-7-3-6-14(11-16)17(21)19-18-15-9-8-12-4-1-2-5-13(12)10-15/h3,6-7,11-13,20H,1-2,4-5,8-10H2,(H,19,21)/b18-15-/t12-,13-/m0/s1. The summed E-state index contributed by atoms with van der Waals surface area (Å²) in [5, 5.41) is 13.7. The Labute approximate surface area is 125 Å². The highest BCUT2D eigenvalue weighted by Gasteiger charge is 2.30. The highest BCUT2D eigenvalue weighted by atomic mass is 16.3. The van der Waals surface area contributed by atoms with Crippen LogP contribution in [0.5, 0.6) is 5.75 Å². The second-order valence-corrected chi connectivity index (χ2v) is 6.22. The molecule has 0 bridgehead atoms. The summed E-state index contributed by atoms with van der Waals surface area (Å²) < 4.78 is 0. The molecule has 0 radical (unpaired) electrons. The number of hydrogen-bond acceptors (Lipinski definition) is 3. The van der Waals surface area contributed by atoms with E-state index in [1.54, 1.807) is 18.2 Å². The van der Waals surface area contributed by atoms with E-state index < -0.39 is 0 Å². The van der Waals surface area contributed by atoms with Gasteiger partial charge in [-0.15, -0.1) is 0 Å². The normalized spacial score (nSPS) is 27.1. The fraction of sp³-hybridized carbons (Fsp3) is 0.529. The number of nitrogens with one attached hydrogen (secondary N) is 1. The number of phenolic OH excluding ortho intramolecular Hbond substituents is 1. The van der Waals surface area contributed by atoms with Gasteiger partial charge in [0.2, 0.25) is 0 Å². The highest BCUT2D eigenvalue weighted by Crippen LogP contribution is 2.39. The van der Waals surface area contributed by atoms with Crippen molar-refractivity contribution in [2.75, 3.05) is 0 Å². The molecule has 0 spiro atoms. The molecule has 1 aromatic rings. The first-order valence-electron chi connectivity index (χ1n) is 7.87. The fourth-order valence-corrected chi connectivity index (χ4v) is 3.63. The van der Waals surface area contributed by atoms with Crippen molar-refractivity contribution in [2.45, 2.75) is 44.9 Å². The molecule has 21 heavy (non-hydrogen) atoms. The number of hydrazone groups is 1. The Kier molecular flexibility index (Phi) is 4.23. The van der Waals surface area contributed by atoms with Crippen molar-refractivity contribution in [3.05, 3.63) is 29.8 Å². The second kappa shape index (κ2) is 6.29. The molecule has 2 fully saturated rings. The van der Waals surface area contributed by atoms with Gasteiger partial charge >= 0.3 is 0 Å². The lowest BCUT2D eigenvalue weighted by Gasteiger charge is -2.35. The zero-order chi connectivity index (χ0) is 14.7. The molecule has 3 rings (SSSR count). The molecule has 0 heterocycles. The number of nitrogens with zero attached hydrogens (tertiary/aromatic N) is 1. The zero-order valence-corrected chi connectivity index (χ0v) is 12.2. The Hall–Kier alpha value is -1.84. The smallest absolute Gasteiger partial charge is 0.271 e. The van der Waals surface area contributed by atoms with Crippen LogP contribution in [0.25, 0.3) is 0 Å². The van der Waals surface area contributed by atoms with Crippen LogP contribution in [0.15, 0.2) is 29.4 Å². The third kappa shape index (κ3) is 3.43. The molecule has 2 saturated carbocycles. The number of fused-ring (bicyclic) bond motifs is 1. The molecule has 2 N–H and O–H groups in total. The van der Waals surface area contributed by atoms with Gasteiger partial charge in [0, 0.05) is 11.3 Å². The van der Waals surface area contributed by atoms with Crippen LogP contribution >= 0.6 is 0 Å². The number of rotatable bonds is 2. The van der Waals surface area contributed by atoms with E-state index in [1.165, 1.54) is 38.2 Å². The SMILES string of the molecule is O=C(N/N=C1/CC[C@@H]2CCCC[C@H]2C1)c1cccc(O)c1. The monoisotopic (exact) mass is 286 g/mol. The topological polar surface area (TPSA) is 61.7 Å². The summed E-state index contributed by atoms with van der Waals surface area (Å²) in [7, 11) is 0. The Morgan fingerprint density at radius 1 is 1.19 bits per heavy atom. The summed E-state index contributed by atoms with van der Waals surface area (Å²) in [5.74, 6) is 1.48. The summed E-state index contributed by atoms with van der Waals surface area (Å²) in [6, 6.07) is 6.33. The summed E-state index contributed by atoms with van der Waals surface area (Å²) in [4.78, 5) is 12.0. The van der Waals surface area contributed by atoms with Crippen molar-refractivity contribution >= 4 is 11.6 Å². The molecule has 4 heteroatoms. The minimum Gasteiger partial charge on any atom is -0.508 e. The fourth-order valence-electron chi connectivity index (χ4n) is 3.63. The van der Waals surface area contributed by atoms with E-state index in [-0.39, 0.29) is 11.7 Å². The predicted molar refractivity (Wildman–Crippen MR) is 82.3 cm³/mol. The predicted octanol–water partition coefficient (Wildman–Crippen LogP) is 3.47. The first-order chi connectivity index (χ1) is 10.2. The van der Waals surface area contributed by atoms with E-state index in [2.05, 4.69) is 10.5 Å². The molecule has 4 nitrogen and oxygen atoms in total. The average Bonchev–Trinajstić information content (AvgIpc) is 2.52. The van der Waals surface area contributed by atoms with Gasteiger partial charge in [-0.1, -0.05) is 25.3 Å². The molecule has 2 aliphatic carbocycles. The van der Waals surface area contributed by atoms with Gasteiger partial charge in [0.25, 0.3) is 5.91 Å². The number of hydrogen-bond donors (Lipinski definition) is 2. The molecule has 0 aromatic heterocycles. The van der Waals surface area contributed by atoms with Crippen LogP contribution in [-0.4, -0.2) is 16.7 Å². The van der Waals surface area contributed by atoms with Crippen LogP contribution in [0.3, 0.4) is 0 Å². The van der Waals surface area contributed by atoms with E-state index >= 15 is 0 Å². The van der Waals surface area contributed by atoms with Gasteiger partial charge in [0.1, 0.15) is 5.75 Å². The molecule has 2 aliphatic rings. The highest BCUT2D eigenvalue weighted by molar-refractivity contribution is 5.95. The van der Waals surface area contributed by atoms with Gasteiger partial charge in [0.15, 0.2) is 0 Å². The maximum absolute atomic E-state index is 12.0. The van der Waals surface area contributed by atoms with Crippen molar-refractivity contribution in [1.82, 2.24) is 5.43 Å². The molecular weight excluding hydrogens is 264 g/mol. The zero-order valence-electron chi connectivity index (χ0n) is 12.2. The van der Waals surface area contributed by atoms with Gasteiger partial charge in [-0.3, -0.25) is 4.79 Å². The molecule has 1 aromatic carbocycles. The van der Waals surface area contributed by atoms with Crippen molar-refractivity contribution < 1.29 is 9.90 Å². The number of carbonyl (C=O) groups excluding carboxylic acids is 1. The maximum atomic E-state index is 12.0. The molecule has 0 saturated heterocycles. The van der Waals surface area contributed by atoms with E-state index in [0.717, 1.165) is 30.4 Å². The van der Waals surface area contributed by atoms with Crippen molar-refractivity contribution in [3.8, 4) is 5.75 Å². The summed E-state index contributed by atoms with van der Waals surface area (Å²) in [6.45, 7) is 0.